The van der Waals surface area contributed by atoms with Crippen LogP contribution in [0.1, 0.15) is 5.56 Å². The van der Waals surface area contributed by atoms with Crippen molar-refractivity contribution in [3.05, 3.63) is 53.6 Å². The Morgan fingerprint density at radius 3 is 2.35 bits per heavy atom. The van der Waals surface area contributed by atoms with Gasteiger partial charge in [-0.25, -0.2) is 9.69 Å². The Bertz CT molecular complexity index is 933. The number of urea groups is 1. The van der Waals surface area contributed by atoms with Crippen molar-refractivity contribution in [2.75, 3.05) is 12.0 Å². The number of phenolic OH excluding ortho intramolecular Hbond substituents is 2. The predicted octanol–water partition coefficient (Wildman–Crippen LogP) is 1.77. The van der Waals surface area contributed by atoms with Gasteiger partial charge in [0.25, 0.3) is 11.8 Å². The summed E-state index contributed by atoms with van der Waals surface area (Å²) in [5.74, 6) is -1.53. The van der Waals surface area contributed by atoms with Crippen molar-refractivity contribution >= 4 is 29.6 Å². The Morgan fingerprint density at radius 1 is 1.04 bits per heavy atom. The molecule has 0 aromatic heterocycles. The first-order chi connectivity index (χ1) is 12.4. The minimum atomic E-state index is -0.901. The molecule has 2 aromatic carbocycles. The van der Waals surface area contributed by atoms with Gasteiger partial charge < -0.3 is 14.9 Å². The van der Waals surface area contributed by atoms with E-state index in [1.165, 1.54) is 49.6 Å². The molecule has 1 aliphatic rings. The Balaban J connectivity index is 2.01. The molecule has 1 heterocycles. The van der Waals surface area contributed by atoms with Crippen LogP contribution < -0.4 is 15.0 Å². The molecular weight excluding hydrogens is 340 g/mol. The van der Waals surface area contributed by atoms with E-state index in [0.29, 0.717) is 5.75 Å². The molecule has 0 saturated carbocycles. The fourth-order valence-corrected chi connectivity index (χ4v) is 2.42. The average molecular weight is 354 g/mol. The lowest BCUT2D eigenvalue weighted by molar-refractivity contribution is -0.122. The number of phenols is 2. The van der Waals surface area contributed by atoms with Crippen LogP contribution in [0.5, 0.6) is 17.2 Å². The van der Waals surface area contributed by atoms with E-state index in [1.54, 1.807) is 6.07 Å². The number of amides is 4. The molecule has 26 heavy (non-hydrogen) atoms. The predicted molar refractivity (Wildman–Crippen MR) is 91.8 cm³/mol. The van der Waals surface area contributed by atoms with Crippen LogP contribution in [0, 0.1) is 0 Å². The lowest BCUT2D eigenvalue weighted by atomic mass is 10.1. The summed E-state index contributed by atoms with van der Waals surface area (Å²) in [6, 6.07) is 8.82. The van der Waals surface area contributed by atoms with Crippen LogP contribution in [0.15, 0.2) is 48.0 Å². The van der Waals surface area contributed by atoms with Gasteiger partial charge in [-0.1, -0.05) is 0 Å². The summed E-state index contributed by atoms with van der Waals surface area (Å²) in [4.78, 5) is 37.6. The van der Waals surface area contributed by atoms with Gasteiger partial charge in [0, 0.05) is 11.6 Å². The molecule has 3 N–H and O–H groups in total. The van der Waals surface area contributed by atoms with Gasteiger partial charge in [-0.15, -0.1) is 0 Å². The summed E-state index contributed by atoms with van der Waals surface area (Å²) in [6.07, 6.45) is 1.19. The van der Waals surface area contributed by atoms with Crippen LogP contribution in [0.25, 0.3) is 6.08 Å². The molecule has 1 aliphatic heterocycles. The molecule has 0 radical (unpaired) electrons. The van der Waals surface area contributed by atoms with E-state index in [0.717, 1.165) is 4.90 Å². The number of nitrogens with zero attached hydrogens (tertiary/aromatic N) is 1. The number of hydrogen-bond acceptors (Lipinski definition) is 6. The normalized spacial score (nSPS) is 16.0. The number of ether oxygens (including phenoxy) is 1. The average Bonchev–Trinajstić information content (AvgIpc) is 2.61. The summed E-state index contributed by atoms with van der Waals surface area (Å²) in [5, 5.41) is 21.4. The van der Waals surface area contributed by atoms with Crippen LogP contribution in [-0.2, 0) is 9.59 Å². The zero-order valence-electron chi connectivity index (χ0n) is 13.6. The van der Waals surface area contributed by atoms with Crippen LogP contribution in [-0.4, -0.2) is 35.2 Å². The van der Waals surface area contributed by atoms with Crippen LogP contribution in [0.2, 0.25) is 0 Å². The number of hydrogen-bond donors (Lipinski definition) is 3. The summed E-state index contributed by atoms with van der Waals surface area (Å²) < 4.78 is 4.98. The van der Waals surface area contributed by atoms with Crippen molar-refractivity contribution in [1.82, 2.24) is 5.32 Å². The van der Waals surface area contributed by atoms with Crippen molar-refractivity contribution in [2.24, 2.45) is 0 Å². The molecule has 2 aromatic rings. The highest BCUT2D eigenvalue weighted by atomic mass is 16.5. The molecule has 1 saturated heterocycles. The number of nitrogens with one attached hydrogen (secondary N) is 1. The van der Waals surface area contributed by atoms with E-state index in [2.05, 4.69) is 5.32 Å². The molecule has 8 heteroatoms. The van der Waals surface area contributed by atoms with E-state index in [4.69, 9.17) is 4.74 Å². The molecule has 0 unspecified atom stereocenters. The van der Waals surface area contributed by atoms with Crippen molar-refractivity contribution in [2.45, 2.75) is 0 Å². The third-order valence-electron chi connectivity index (χ3n) is 3.75. The SMILES string of the molecule is COc1ccc(/C=C2\C(=O)NC(=O)N(c3ccc(O)cc3)C2=O)c(O)c1. The zero-order chi connectivity index (χ0) is 18.8. The Labute approximate surface area is 147 Å². The Kier molecular flexibility index (Phi) is 4.32. The quantitative estimate of drug-likeness (QED) is 0.571. The molecule has 0 bridgehead atoms. The molecule has 8 nitrogen and oxygen atoms in total. The van der Waals surface area contributed by atoms with E-state index in [9.17, 15) is 24.6 Å². The van der Waals surface area contributed by atoms with Gasteiger partial charge in [-0.2, -0.15) is 0 Å². The second-order valence-electron chi connectivity index (χ2n) is 5.40. The second kappa shape index (κ2) is 6.60. The van der Waals surface area contributed by atoms with Gasteiger partial charge in [-0.3, -0.25) is 14.9 Å². The minimum Gasteiger partial charge on any atom is -0.508 e. The van der Waals surface area contributed by atoms with Gasteiger partial charge >= 0.3 is 6.03 Å². The minimum absolute atomic E-state index is 0.0337. The fourth-order valence-electron chi connectivity index (χ4n) is 2.42. The van der Waals surface area contributed by atoms with Gasteiger partial charge in [0.1, 0.15) is 22.8 Å². The number of carbonyl (C=O) groups is 3. The third kappa shape index (κ3) is 3.07. The summed E-state index contributed by atoms with van der Waals surface area (Å²) >= 11 is 0. The molecule has 4 amide bonds. The highest BCUT2D eigenvalue weighted by Crippen LogP contribution is 2.28. The summed E-state index contributed by atoms with van der Waals surface area (Å²) in [7, 11) is 1.44. The van der Waals surface area contributed by atoms with E-state index in [-0.39, 0.29) is 28.3 Å². The standard InChI is InChI=1S/C18H14N2O6/c1-26-13-7-2-10(15(22)9-13)8-14-16(23)19-18(25)20(17(14)24)11-3-5-12(21)6-4-11/h2-9,21-22H,1H3,(H,19,23,25)/b14-8+. The lowest BCUT2D eigenvalue weighted by Crippen LogP contribution is -2.54. The highest BCUT2D eigenvalue weighted by Gasteiger charge is 2.36. The van der Waals surface area contributed by atoms with Gasteiger partial charge in [-0.05, 0) is 42.5 Å². The first-order valence-corrected chi connectivity index (χ1v) is 7.48. The van der Waals surface area contributed by atoms with E-state index >= 15 is 0 Å². The number of carbonyl (C=O) groups excluding carboxylic acids is 3. The zero-order valence-corrected chi connectivity index (χ0v) is 13.6. The van der Waals surface area contributed by atoms with Gasteiger partial charge in [0.15, 0.2) is 0 Å². The third-order valence-corrected chi connectivity index (χ3v) is 3.75. The number of barbiturate groups is 1. The molecule has 0 atom stereocenters. The largest absolute Gasteiger partial charge is 0.508 e. The topological polar surface area (TPSA) is 116 Å². The molecule has 132 valence electrons. The second-order valence-corrected chi connectivity index (χ2v) is 5.40. The Morgan fingerprint density at radius 2 is 1.73 bits per heavy atom. The summed E-state index contributed by atoms with van der Waals surface area (Å²) in [6.45, 7) is 0. The highest BCUT2D eigenvalue weighted by molar-refractivity contribution is 6.39. The molecule has 3 rings (SSSR count). The monoisotopic (exact) mass is 354 g/mol. The van der Waals surface area contributed by atoms with E-state index in [1.807, 2.05) is 0 Å². The molecular formula is C18H14N2O6. The van der Waals surface area contributed by atoms with Crippen molar-refractivity contribution in [3.8, 4) is 17.2 Å². The van der Waals surface area contributed by atoms with Crippen LogP contribution >= 0.6 is 0 Å². The van der Waals surface area contributed by atoms with Crippen molar-refractivity contribution < 1.29 is 29.3 Å². The lowest BCUT2D eigenvalue weighted by Gasteiger charge is -2.26. The number of imide groups is 2. The van der Waals surface area contributed by atoms with E-state index < -0.39 is 17.8 Å². The maximum atomic E-state index is 12.7. The molecule has 1 fully saturated rings. The first-order valence-electron chi connectivity index (χ1n) is 7.48. The van der Waals surface area contributed by atoms with Crippen molar-refractivity contribution in [3.63, 3.8) is 0 Å². The van der Waals surface area contributed by atoms with Gasteiger partial charge in [0.05, 0.1) is 12.8 Å². The maximum absolute atomic E-state index is 12.7. The first kappa shape index (κ1) is 17.0. The molecule has 0 aliphatic carbocycles. The smallest absolute Gasteiger partial charge is 0.335 e. The number of aromatic hydroxyl groups is 2. The number of anilines is 1. The number of benzene rings is 2. The van der Waals surface area contributed by atoms with Crippen molar-refractivity contribution in [1.29, 1.82) is 0 Å². The Hall–Kier alpha value is -3.81. The number of rotatable bonds is 3. The van der Waals surface area contributed by atoms with Gasteiger partial charge in [0.2, 0.25) is 0 Å². The maximum Gasteiger partial charge on any atom is 0.335 e. The fraction of sp³-hybridized carbons (Fsp3) is 0.0556. The molecule has 0 spiro atoms. The summed E-state index contributed by atoms with van der Waals surface area (Å²) in [5.41, 5.74) is 0.0742. The van der Waals surface area contributed by atoms with Crippen LogP contribution in [0.3, 0.4) is 0 Å². The number of methoxy groups -OCH3 is 1. The van der Waals surface area contributed by atoms with Crippen LogP contribution in [0.4, 0.5) is 10.5 Å².